The van der Waals surface area contributed by atoms with E-state index in [0.717, 1.165) is 25.8 Å². The molecule has 1 aliphatic carbocycles. The lowest BCUT2D eigenvalue weighted by molar-refractivity contribution is -0.138. The number of hydrogen-bond acceptors (Lipinski definition) is 3. The Labute approximate surface area is 121 Å². The maximum absolute atomic E-state index is 12.7. The van der Waals surface area contributed by atoms with Gasteiger partial charge in [0.25, 0.3) is 0 Å². The lowest BCUT2D eigenvalue weighted by Crippen LogP contribution is -2.46. The molecule has 2 aliphatic rings. The van der Waals surface area contributed by atoms with Gasteiger partial charge in [0.15, 0.2) is 0 Å². The first kappa shape index (κ1) is 15.3. The first-order chi connectivity index (χ1) is 9.38. The van der Waals surface area contributed by atoms with Gasteiger partial charge in [0.1, 0.15) is 0 Å². The highest BCUT2D eigenvalue weighted by molar-refractivity contribution is 5.80. The molecule has 5 nitrogen and oxygen atoms in total. The molecule has 1 heterocycles. The molecule has 20 heavy (non-hydrogen) atoms. The third kappa shape index (κ3) is 3.32. The number of carbonyl (C=O) groups is 2. The lowest BCUT2D eigenvalue weighted by atomic mass is 9.72. The minimum atomic E-state index is -0.0221. The largest absolute Gasteiger partial charge is 0.352 e. The molecule has 0 radical (unpaired) electrons. The van der Waals surface area contributed by atoms with Crippen LogP contribution >= 0.6 is 0 Å². The fourth-order valence-electron chi connectivity index (χ4n) is 3.63. The molecule has 5 unspecified atom stereocenters. The van der Waals surface area contributed by atoms with Crippen molar-refractivity contribution in [2.45, 2.75) is 52.1 Å². The third-order valence-electron chi connectivity index (χ3n) is 4.91. The normalized spacial score (nSPS) is 37.8. The van der Waals surface area contributed by atoms with E-state index in [9.17, 15) is 9.59 Å². The van der Waals surface area contributed by atoms with Gasteiger partial charge in [-0.15, -0.1) is 0 Å². The number of carbonyl (C=O) groups excluding carboxylic acids is 2. The zero-order valence-corrected chi connectivity index (χ0v) is 12.8. The maximum Gasteiger partial charge on any atom is 0.226 e. The molecule has 1 saturated heterocycles. The summed E-state index contributed by atoms with van der Waals surface area (Å²) in [5, 5.41) is 2.90. The predicted molar refractivity (Wildman–Crippen MR) is 77.8 cm³/mol. The molecule has 2 fully saturated rings. The summed E-state index contributed by atoms with van der Waals surface area (Å²) in [5.41, 5.74) is 6.13. The van der Waals surface area contributed by atoms with Gasteiger partial charge in [-0.2, -0.15) is 0 Å². The molecule has 5 atom stereocenters. The van der Waals surface area contributed by atoms with Crippen molar-refractivity contribution in [3.8, 4) is 0 Å². The molecule has 114 valence electrons. The molecule has 2 amide bonds. The van der Waals surface area contributed by atoms with Crippen LogP contribution in [0.2, 0.25) is 0 Å². The van der Waals surface area contributed by atoms with E-state index in [2.05, 4.69) is 19.2 Å². The Kier molecular flexibility index (Phi) is 4.68. The minimum Gasteiger partial charge on any atom is -0.352 e. The van der Waals surface area contributed by atoms with E-state index in [-0.39, 0.29) is 29.8 Å². The second-order valence-electron chi connectivity index (χ2n) is 6.67. The first-order valence-electron chi connectivity index (χ1n) is 7.70. The molecule has 0 bridgehead atoms. The smallest absolute Gasteiger partial charge is 0.226 e. The number of likely N-dealkylation sites (tertiary alicyclic amines) is 1. The summed E-state index contributed by atoms with van der Waals surface area (Å²) in [7, 11) is 0. The Hall–Kier alpha value is -1.10. The zero-order valence-electron chi connectivity index (χ0n) is 12.8. The molecule has 1 saturated carbocycles. The predicted octanol–water partition coefficient (Wildman–Crippen LogP) is 0.733. The molecular weight excluding hydrogens is 254 g/mol. The molecule has 0 spiro atoms. The van der Waals surface area contributed by atoms with E-state index in [0.29, 0.717) is 18.4 Å². The van der Waals surface area contributed by atoms with E-state index in [1.165, 1.54) is 6.92 Å². The number of rotatable bonds is 2. The van der Waals surface area contributed by atoms with Gasteiger partial charge in [-0.1, -0.05) is 13.8 Å². The fraction of sp³-hybridized carbons (Fsp3) is 0.867. The molecule has 0 aromatic carbocycles. The van der Waals surface area contributed by atoms with E-state index in [4.69, 9.17) is 5.73 Å². The van der Waals surface area contributed by atoms with Crippen LogP contribution in [0.5, 0.6) is 0 Å². The average Bonchev–Trinajstić information content (AvgIpc) is 2.80. The van der Waals surface area contributed by atoms with Crippen LogP contribution in [0.25, 0.3) is 0 Å². The Morgan fingerprint density at radius 3 is 2.55 bits per heavy atom. The first-order valence-corrected chi connectivity index (χ1v) is 7.70. The Morgan fingerprint density at radius 1 is 1.20 bits per heavy atom. The summed E-state index contributed by atoms with van der Waals surface area (Å²) in [5.74, 6) is 1.16. The molecule has 2 rings (SSSR count). The monoisotopic (exact) mass is 281 g/mol. The third-order valence-corrected chi connectivity index (χ3v) is 4.91. The van der Waals surface area contributed by atoms with Gasteiger partial charge in [-0.05, 0) is 31.1 Å². The second-order valence-corrected chi connectivity index (χ2v) is 6.67. The minimum absolute atomic E-state index is 0.0221. The van der Waals surface area contributed by atoms with E-state index >= 15 is 0 Å². The summed E-state index contributed by atoms with van der Waals surface area (Å²) >= 11 is 0. The highest BCUT2D eigenvalue weighted by Gasteiger charge is 2.38. The van der Waals surface area contributed by atoms with Crippen molar-refractivity contribution < 1.29 is 9.59 Å². The van der Waals surface area contributed by atoms with Gasteiger partial charge in [0.05, 0.1) is 0 Å². The SMILES string of the molecule is CC(=O)NC1CCN(C(=O)C2CC(N)C(C)CC2C)C1. The molecule has 0 aromatic heterocycles. The summed E-state index contributed by atoms with van der Waals surface area (Å²) in [6.07, 6.45) is 2.68. The van der Waals surface area contributed by atoms with E-state index in [1.54, 1.807) is 0 Å². The Bertz CT molecular complexity index is 385. The van der Waals surface area contributed by atoms with Crippen molar-refractivity contribution in [1.82, 2.24) is 10.2 Å². The van der Waals surface area contributed by atoms with Crippen LogP contribution in [0.3, 0.4) is 0 Å². The van der Waals surface area contributed by atoms with Crippen molar-refractivity contribution in [1.29, 1.82) is 0 Å². The summed E-state index contributed by atoms with van der Waals surface area (Å²) < 4.78 is 0. The Morgan fingerprint density at radius 2 is 1.90 bits per heavy atom. The van der Waals surface area contributed by atoms with E-state index < -0.39 is 0 Å². The molecule has 3 N–H and O–H groups in total. The number of hydrogen-bond donors (Lipinski definition) is 2. The highest BCUT2D eigenvalue weighted by Crippen LogP contribution is 2.34. The molecule has 1 aliphatic heterocycles. The number of nitrogens with one attached hydrogen (secondary N) is 1. The van der Waals surface area contributed by atoms with Crippen LogP contribution in [-0.4, -0.2) is 41.9 Å². The van der Waals surface area contributed by atoms with Crippen molar-refractivity contribution in [2.24, 2.45) is 23.5 Å². The van der Waals surface area contributed by atoms with Crippen molar-refractivity contribution in [2.75, 3.05) is 13.1 Å². The zero-order chi connectivity index (χ0) is 14.9. The summed E-state index contributed by atoms with van der Waals surface area (Å²) in [6, 6.07) is 0.247. The van der Waals surface area contributed by atoms with Crippen LogP contribution in [0, 0.1) is 17.8 Å². The van der Waals surface area contributed by atoms with Gasteiger partial charge in [-0.25, -0.2) is 0 Å². The standard InChI is InChI=1S/C15H27N3O2/c1-9-6-10(2)14(16)7-13(9)15(20)18-5-4-12(8-18)17-11(3)19/h9-10,12-14H,4-8,16H2,1-3H3,(H,17,19). The Balaban J connectivity index is 1.93. The van der Waals surface area contributed by atoms with Crippen LogP contribution < -0.4 is 11.1 Å². The van der Waals surface area contributed by atoms with Crippen molar-refractivity contribution in [3.05, 3.63) is 0 Å². The summed E-state index contributed by atoms with van der Waals surface area (Å²) in [6.45, 7) is 7.25. The van der Waals surface area contributed by atoms with Crippen LogP contribution in [-0.2, 0) is 9.59 Å². The van der Waals surface area contributed by atoms with Gasteiger partial charge < -0.3 is 16.0 Å². The summed E-state index contributed by atoms with van der Waals surface area (Å²) in [4.78, 5) is 25.6. The molecule has 0 aromatic rings. The fourth-order valence-corrected chi connectivity index (χ4v) is 3.63. The highest BCUT2D eigenvalue weighted by atomic mass is 16.2. The van der Waals surface area contributed by atoms with Gasteiger partial charge >= 0.3 is 0 Å². The number of amides is 2. The van der Waals surface area contributed by atoms with Gasteiger partial charge in [0, 0.05) is 38.0 Å². The topological polar surface area (TPSA) is 75.4 Å². The van der Waals surface area contributed by atoms with Crippen LogP contribution in [0.1, 0.15) is 40.0 Å². The van der Waals surface area contributed by atoms with Gasteiger partial charge in [0.2, 0.25) is 11.8 Å². The van der Waals surface area contributed by atoms with E-state index in [1.807, 2.05) is 4.90 Å². The average molecular weight is 281 g/mol. The quantitative estimate of drug-likeness (QED) is 0.783. The molecule has 5 heteroatoms. The van der Waals surface area contributed by atoms with Crippen molar-refractivity contribution in [3.63, 3.8) is 0 Å². The number of nitrogens with zero attached hydrogens (tertiary/aromatic N) is 1. The van der Waals surface area contributed by atoms with Gasteiger partial charge in [-0.3, -0.25) is 9.59 Å². The van der Waals surface area contributed by atoms with Crippen molar-refractivity contribution >= 4 is 11.8 Å². The van der Waals surface area contributed by atoms with Crippen LogP contribution in [0.15, 0.2) is 0 Å². The maximum atomic E-state index is 12.7. The lowest BCUT2D eigenvalue weighted by Gasteiger charge is -2.37. The number of nitrogens with two attached hydrogens (primary N) is 1. The molecular formula is C15H27N3O2. The second kappa shape index (κ2) is 6.12. The van der Waals surface area contributed by atoms with Crippen LogP contribution in [0.4, 0.5) is 0 Å².